The third-order valence-corrected chi connectivity index (χ3v) is 9.11. The number of nitrogens with zero attached hydrogens (tertiary/aromatic N) is 1. The molecule has 44 heavy (non-hydrogen) atoms. The molecule has 0 bridgehead atoms. The molecule has 9 nitrogen and oxygen atoms in total. The molecule has 0 aliphatic carbocycles. The number of carbonyl (C=O) groups excluding carboxylic acids is 2. The van der Waals surface area contributed by atoms with Crippen LogP contribution < -0.4 is 10.0 Å². The van der Waals surface area contributed by atoms with Crippen molar-refractivity contribution in [1.29, 1.82) is 0 Å². The van der Waals surface area contributed by atoms with Crippen molar-refractivity contribution in [2.75, 3.05) is 12.8 Å². The van der Waals surface area contributed by atoms with E-state index >= 15 is 0 Å². The van der Waals surface area contributed by atoms with Crippen LogP contribution in [0.15, 0.2) is 65.3 Å². The van der Waals surface area contributed by atoms with E-state index < -0.39 is 27.6 Å². The van der Waals surface area contributed by atoms with Crippen LogP contribution in [0, 0.1) is 0 Å². The lowest BCUT2D eigenvalue weighted by Gasteiger charge is -2.30. The van der Waals surface area contributed by atoms with E-state index in [0.29, 0.717) is 40.8 Å². The Labute approximate surface area is 265 Å². The summed E-state index contributed by atoms with van der Waals surface area (Å²) in [5.74, 6) is 1.50. The molecule has 3 N–H and O–H groups in total. The molecule has 2 unspecified atom stereocenters. The second-order valence-corrected chi connectivity index (χ2v) is 14.0. The van der Waals surface area contributed by atoms with Crippen LogP contribution in [0.2, 0.25) is 10.0 Å². The standard InChI is InChI=1S/C32H31Cl2N3O6S/c1-18(36-44(2,3)42)21-6-4-5-19(13-21)14-26(32(40)41)35-30(38)28-25(33)15-23-17-37(11-9-24(23)29(28)34)31(39)22-8-7-20-10-12-43-27(20)16-22/h4-8,10,12-13,15-16,18,26H,2,9,11,14,17H2,1,3H3,(H,35,38)(H,36,42)(H,40,41)/t18?,26-,44?/m0/s1. The van der Waals surface area contributed by atoms with Gasteiger partial charge in [-0.05, 0) is 65.7 Å². The van der Waals surface area contributed by atoms with Gasteiger partial charge in [-0.25, -0.2) is 9.52 Å². The maximum atomic E-state index is 13.4. The fourth-order valence-corrected chi connectivity index (χ4v) is 7.05. The number of hydrogen-bond donors (Lipinski definition) is 3. The number of rotatable bonds is 9. The monoisotopic (exact) mass is 655 g/mol. The summed E-state index contributed by atoms with van der Waals surface area (Å²) in [5, 5.41) is 13.6. The highest BCUT2D eigenvalue weighted by Gasteiger charge is 2.30. The van der Waals surface area contributed by atoms with E-state index in [4.69, 9.17) is 27.6 Å². The molecule has 230 valence electrons. The van der Waals surface area contributed by atoms with Crippen molar-refractivity contribution in [2.24, 2.45) is 0 Å². The topological polar surface area (TPSA) is 129 Å². The maximum Gasteiger partial charge on any atom is 0.326 e. The van der Waals surface area contributed by atoms with Gasteiger partial charge in [0.25, 0.3) is 11.8 Å². The highest BCUT2D eigenvalue weighted by Crippen LogP contribution is 2.35. The van der Waals surface area contributed by atoms with Gasteiger partial charge < -0.3 is 19.7 Å². The molecule has 2 amide bonds. The van der Waals surface area contributed by atoms with Crippen LogP contribution in [0.1, 0.15) is 55.9 Å². The summed E-state index contributed by atoms with van der Waals surface area (Å²) in [6, 6.07) is 14.3. The third kappa shape index (κ3) is 6.94. The predicted molar refractivity (Wildman–Crippen MR) is 173 cm³/mol. The summed E-state index contributed by atoms with van der Waals surface area (Å²) in [7, 11) is -2.46. The molecule has 3 atom stereocenters. The van der Waals surface area contributed by atoms with E-state index in [-0.39, 0.29) is 40.5 Å². The Morgan fingerprint density at radius 1 is 1.14 bits per heavy atom. The molecule has 1 aromatic heterocycles. The molecule has 12 heteroatoms. The van der Waals surface area contributed by atoms with Gasteiger partial charge in [-0.2, -0.15) is 0 Å². The molecular weight excluding hydrogens is 625 g/mol. The largest absolute Gasteiger partial charge is 0.480 e. The van der Waals surface area contributed by atoms with Crippen LogP contribution in [0.4, 0.5) is 0 Å². The van der Waals surface area contributed by atoms with Crippen molar-refractivity contribution in [2.45, 2.75) is 38.4 Å². The first kappa shape index (κ1) is 31.6. The Bertz CT molecular complexity index is 1890. The van der Waals surface area contributed by atoms with Crippen molar-refractivity contribution in [1.82, 2.24) is 14.9 Å². The number of halogens is 2. The molecule has 1 aliphatic heterocycles. The number of carboxylic acid groups (broad SMARTS) is 1. The number of carboxylic acids is 1. The highest BCUT2D eigenvalue weighted by atomic mass is 35.5. The molecule has 1 aliphatic rings. The number of hydrogen-bond acceptors (Lipinski definition) is 5. The number of furan rings is 1. The van der Waals surface area contributed by atoms with Gasteiger partial charge in [0.05, 0.1) is 21.9 Å². The second kappa shape index (κ2) is 12.6. The lowest BCUT2D eigenvalue weighted by Crippen LogP contribution is -2.42. The van der Waals surface area contributed by atoms with Gasteiger partial charge in [0.2, 0.25) is 0 Å². The van der Waals surface area contributed by atoms with Crippen LogP contribution in [-0.4, -0.2) is 56.7 Å². The SMILES string of the molecule is C=S(C)(=O)NC(C)c1cccc(C[C@H](NC(=O)c2c(Cl)cc3c(c2Cl)CCN(C(=O)c2ccc4ccoc4c2)C3)C(=O)O)c1. The first-order chi connectivity index (χ1) is 20.8. The van der Waals surface area contributed by atoms with E-state index in [9.17, 15) is 23.7 Å². The number of benzene rings is 3. The molecule has 3 aromatic carbocycles. The fraction of sp³-hybridized carbons (Fsp3) is 0.250. The van der Waals surface area contributed by atoms with Crippen molar-refractivity contribution in [3.05, 3.63) is 104 Å². The van der Waals surface area contributed by atoms with Crippen molar-refractivity contribution in [3.8, 4) is 0 Å². The molecule has 0 saturated heterocycles. The minimum absolute atomic E-state index is 0.00540. The molecule has 4 aromatic rings. The molecule has 2 heterocycles. The number of fused-ring (bicyclic) bond motifs is 2. The van der Waals surface area contributed by atoms with Crippen molar-refractivity contribution in [3.63, 3.8) is 0 Å². The van der Waals surface area contributed by atoms with E-state index in [1.165, 1.54) is 6.26 Å². The van der Waals surface area contributed by atoms with Crippen LogP contribution >= 0.6 is 23.2 Å². The first-order valence-electron chi connectivity index (χ1n) is 13.8. The number of aliphatic carboxylic acids is 1. The van der Waals surface area contributed by atoms with Crippen LogP contribution in [0.25, 0.3) is 11.0 Å². The lowest BCUT2D eigenvalue weighted by molar-refractivity contribution is -0.139. The van der Waals surface area contributed by atoms with Crippen molar-refractivity contribution >= 4 is 67.5 Å². The zero-order valence-corrected chi connectivity index (χ0v) is 26.4. The minimum Gasteiger partial charge on any atom is -0.480 e. The Hall–Kier alpha value is -3.83. The lowest BCUT2D eigenvalue weighted by atomic mass is 9.95. The van der Waals surface area contributed by atoms with Gasteiger partial charge >= 0.3 is 5.97 Å². The maximum absolute atomic E-state index is 13.4. The van der Waals surface area contributed by atoms with Gasteiger partial charge in [-0.15, -0.1) is 0 Å². The normalized spacial score (nSPS) is 15.7. The van der Waals surface area contributed by atoms with Gasteiger partial charge in [0, 0.05) is 52.5 Å². The molecule has 0 saturated carbocycles. The summed E-state index contributed by atoms with van der Waals surface area (Å²) in [4.78, 5) is 40.5. The zero-order valence-electron chi connectivity index (χ0n) is 24.1. The van der Waals surface area contributed by atoms with E-state index in [1.807, 2.05) is 25.1 Å². The quantitative estimate of drug-likeness (QED) is 0.211. The molecule has 0 spiro atoms. The average molecular weight is 657 g/mol. The Morgan fingerprint density at radius 3 is 2.64 bits per heavy atom. The third-order valence-electron chi connectivity index (χ3n) is 7.54. The van der Waals surface area contributed by atoms with E-state index in [1.54, 1.807) is 47.6 Å². The van der Waals surface area contributed by atoms with Crippen LogP contribution in [0.3, 0.4) is 0 Å². The summed E-state index contributed by atoms with van der Waals surface area (Å²) >= 11 is 13.3. The first-order valence-corrected chi connectivity index (χ1v) is 16.7. The molecular formula is C32H31Cl2N3O6S. The minimum atomic E-state index is -2.46. The Morgan fingerprint density at radius 2 is 1.91 bits per heavy atom. The molecule has 0 fully saturated rings. The van der Waals surface area contributed by atoms with Gasteiger partial charge in [0.15, 0.2) is 0 Å². The number of carbonyl (C=O) groups is 3. The summed E-state index contributed by atoms with van der Waals surface area (Å²) < 4.78 is 20.4. The van der Waals surface area contributed by atoms with Gasteiger partial charge in [-0.1, -0.05) is 53.5 Å². The number of amides is 2. The Kier molecular flexibility index (Phi) is 9.08. The van der Waals surface area contributed by atoms with Crippen LogP contribution in [0.5, 0.6) is 0 Å². The molecule has 5 rings (SSSR count). The Balaban J connectivity index is 1.32. The zero-order chi connectivity index (χ0) is 31.8. The highest BCUT2D eigenvalue weighted by molar-refractivity contribution is 7.97. The van der Waals surface area contributed by atoms with Gasteiger partial charge in [0.1, 0.15) is 11.6 Å². The van der Waals surface area contributed by atoms with E-state index in [2.05, 4.69) is 15.9 Å². The van der Waals surface area contributed by atoms with Crippen LogP contribution in [-0.2, 0) is 33.9 Å². The van der Waals surface area contributed by atoms with E-state index in [0.717, 1.165) is 10.9 Å². The molecule has 0 radical (unpaired) electrons. The van der Waals surface area contributed by atoms with Crippen molar-refractivity contribution < 1.29 is 28.1 Å². The fourth-order valence-electron chi connectivity index (χ4n) is 5.40. The predicted octanol–water partition coefficient (Wildman–Crippen LogP) is 5.28. The van der Waals surface area contributed by atoms with Gasteiger partial charge in [-0.3, -0.25) is 13.8 Å². The smallest absolute Gasteiger partial charge is 0.326 e. The summed E-state index contributed by atoms with van der Waals surface area (Å²) in [6.45, 7) is 2.44. The average Bonchev–Trinajstić information content (AvgIpc) is 3.43. The summed E-state index contributed by atoms with van der Waals surface area (Å²) in [6.07, 6.45) is 3.45. The summed E-state index contributed by atoms with van der Waals surface area (Å²) in [5.41, 5.74) is 3.96. The number of nitrogens with one attached hydrogen (secondary N) is 2. The second-order valence-electron chi connectivity index (χ2n) is 11.0.